The number of methoxy groups -OCH3 is 1. The van der Waals surface area contributed by atoms with E-state index in [-0.39, 0.29) is 5.82 Å². The van der Waals surface area contributed by atoms with Crippen molar-refractivity contribution in [1.82, 2.24) is 19.7 Å². The zero-order valence-corrected chi connectivity index (χ0v) is 22.2. The van der Waals surface area contributed by atoms with Gasteiger partial charge in [-0.05, 0) is 61.4 Å². The molecule has 1 saturated heterocycles. The van der Waals surface area contributed by atoms with Crippen LogP contribution < -0.4 is 20.3 Å². The summed E-state index contributed by atoms with van der Waals surface area (Å²) in [7, 11) is 1.63. The SMILES string of the molecule is COc1ccccc1-c1nc(N2CCN(c3cccc(C)c3C)CC2)nc2nn(-c3cccc(F)c3)c(N)c12. The maximum atomic E-state index is 14.1. The number of hydrogen-bond donors (Lipinski definition) is 1. The molecule has 1 aliphatic heterocycles. The molecule has 0 saturated carbocycles. The first-order valence-electron chi connectivity index (χ1n) is 13.0. The van der Waals surface area contributed by atoms with Gasteiger partial charge in [0.1, 0.15) is 17.4 Å². The predicted octanol–water partition coefficient (Wildman–Crippen LogP) is 5.16. The number of fused-ring (bicyclic) bond motifs is 1. The monoisotopic (exact) mass is 523 g/mol. The van der Waals surface area contributed by atoms with E-state index in [9.17, 15) is 4.39 Å². The van der Waals surface area contributed by atoms with E-state index in [2.05, 4.69) is 41.8 Å². The van der Waals surface area contributed by atoms with Crippen molar-refractivity contribution < 1.29 is 9.13 Å². The number of rotatable bonds is 5. The lowest BCUT2D eigenvalue weighted by Gasteiger charge is -2.37. The van der Waals surface area contributed by atoms with Crippen molar-refractivity contribution in [2.24, 2.45) is 0 Å². The van der Waals surface area contributed by atoms with Crippen LogP contribution >= 0.6 is 0 Å². The van der Waals surface area contributed by atoms with Crippen LogP contribution in [0, 0.1) is 19.7 Å². The van der Waals surface area contributed by atoms with Gasteiger partial charge in [0.05, 0.1) is 23.9 Å². The summed E-state index contributed by atoms with van der Waals surface area (Å²) in [6.45, 7) is 7.51. The fraction of sp³-hybridized carbons (Fsp3) is 0.233. The van der Waals surface area contributed by atoms with E-state index < -0.39 is 0 Å². The molecule has 9 heteroatoms. The smallest absolute Gasteiger partial charge is 0.228 e. The maximum absolute atomic E-state index is 14.1. The minimum absolute atomic E-state index is 0.336. The quantitative estimate of drug-likeness (QED) is 0.341. The molecule has 0 spiro atoms. The normalized spacial score (nSPS) is 13.7. The second-order valence-corrected chi connectivity index (χ2v) is 9.74. The van der Waals surface area contributed by atoms with E-state index in [1.807, 2.05) is 24.3 Å². The van der Waals surface area contributed by atoms with Gasteiger partial charge < -0.3 is 20.3 Å². The van der Waals surface area contributed by atoms with E-state index in [0.717, 1.165) is 31.7 Å². The highest BCUT2D eigenvalue weighted by Crippen LogP contribution is 2.38. The van der Waals surface area contributed by atoms with Crippen LogP contribution in [0.2, 0.25) is 0 Å². The fourth-order valence-corrected chi connectivity index (χ4v) is 5.21. The summed E-state index contributed by atoms with van der Waals surface area (Å²) in [6.07, 6.45) is 0. The second kappa shape index (κ2) is 9.90. The number of anilines is 3. The van der Waals surface area contributed by atoms with Gasteiger partial charge >= 0.3 is 0 Å². The first-order chi connectivity index (χ1) is 18.9. The van der Waals surface area contributed by atoms with Gasteiger partial charge in [-0.2, -0.15) is 4.98 Å². The van der Waals surface area contributed by atoms with Gasteiger partial charge in [0.25, 0.3) is 0 Å². The maximum Gasteiger partial charge on any atom is 0.228 e. The summed E-state index contributed by atoms with van der Waals surface area (Å²) in [5.74, 6) is 1.21. The average Bonchev–Trinajstić information content (AvgIpc) is 3.30. The highest BCUT2D eigenvalue weighted by atomic mass is 19.1. The van der Waals surface area contributed by atoms with Crippen LogP contribution in [0.3, 0.4) is 0 Å². The van der Waals surface area contributed by atoms with Gasteiger partial charge in [-0.15, -0.1) is 5.10 Å². The van der Waals surface area contributed by atoms with Gasteiger partial charge in [0.2, 0.25) is 5.95 Å². The summed E-state index contributed by atoms with van der Waals surface area (Å²) in [5.41, 5.74) is 12.9. The number of ether oxygens (including phenoxy) is 1. The van der Waals surface area contributed by atoms with Crippen LogP contribution in [0.15, 0.2) is 66.7 Å². The Kier molecular flexibility index (Phi) is 6.26. The van der Waals surface area contributed by atoms with Crippen molar-refractivity contribution in [1.29, 1.82) is 0 Å². The first-order valence-corrected chi connectivity index (χ1v) is 13.0. The number of piperazine rings is 1. The van der Waals surface area contributed by atoms with E-state index >= 15 is 0 Å². The molecule has 3 aromatic carbocycles. The molecule has 0 aliphatic carbocycles. The van der Waals surface area contributed by atoms with Gasteiger partial charge in [-0.3, -0.25) is 0 Å². The molecule has 1 aliphatic rings. The molecule has 1 fully saturated rings. The number of para-hydroxylation sites is 1. The van der Waals surface area contributed by atoms with Crippen LogP contribution in [0.5, 0.6) is 5.75 Å². The Morgan fingerprint density at radius 1 is 0.872 bits per heavy atom. The Morgan fingerprint density at radius 2 is 1.62 bits per heavy atom. The zero-order valence-electron chi connectivity index (χ0n) is 22.2. The number of nitrogens with zero attached hydrogens (tertiary/aromatic N) is 6. The molecule has 0 unspecified atom stereocenters. The van der Waals surface area contributed by atoms with Crippen LogP contribution in [-0.2, 0) is 0 Å². The van der Waals surface area contributed by atoms with Crippen LogP contribution in [0.1, 0.15) is 11.1 Å². The van der Waals surface area contributed by atoms with Gasteiger partial charge in [0, 0.05) is 37.4 Å². The Balaban J connectivity index is 1.43. The third kappa shape index (κ3) is 4.39. The van der Waals surface area contributed by atoms with Gasteiger partial charge in [-0.1, -0.05) is 30.3 Å². The summed E-state index contributed by atoms with van der Waals surface area (Å²) in [5, 5.41) is 5.30. The number of hydrogen-bond acceptors (Lipinski definition) is 7. The Morgan fingerprint density at radius 3 is 2.38 bits per heavy atom. The molecule has 2 aromatic heterocycles. The number of nitrogens with two attached hydrogens (primary N) is 1. The largest absolute Gasteiger partial charge is 0.496 e. The van der Waals surface area contributed by atoms with Gasteiger partial charge in [-0.25, -0.2) is 14.1 Å². The van der Waals surface area contributed by atoms with Crippen molar-refractivity contribution in [3.05, 3.63) is 83.7 Å². The molecule has 198 valence electrons. The Bertz CT molecular complexity index is 1670. The lowest BCUT2D eigenvalue weighted by Crippen LogP contribution is -2.47. The lowest BCUT2D eigenvalue weighted by molar-refractivity contribution is 0.416. The third-order valence-electron chi connectivity index (χ3n) is 7.45. The topological polar surface area (TPSA) is 85.3 Å². The predicted molar refractivity (Wildman–Crippen MR) is 153 cm³/mol. The number of aromatic nitrogens is 4. The molecule has 0 atom stereocenters. The minimum Gasteiger partial charge on any atom is -0.496 e. The number of nitrogen functional groups attached to an aromatic ring is 1. The third-order valence-corrected chi connectivity index (χ3v) is 7.45. The minimum atomic E-state index is -0.370. The fourth-order valence-electron chi connectivity index (χ4n) is 5.21. The molecule has 3 heterocycles. The van der Waals surface area contributed by atoms with Crippen molar-refractivity contribution in [2.45, 2.75) is 13.8 Å². The standard InChI is InChI=1S/C30H30FN7O/c1-19-8-6-12-24(20(19)2)36-14-16-37(17-15-36)30-33-27(23-11-4-5-13-25(23)39-3)26-28(32)38(35-29(26)34-30)22-10-7-9-21(31)18-22/h4-13,18H,14-17,32H2,1-3H3. The zero-order chi connectivity index (χ0) is 27.1. The van der Waals surface area contributed by atoms with Crippen molar-refractivity contribution in [3.8, 4) is 22.7 Å². The van der Waals surface area contributed by atoms with E-state index in [0.29, 0.717) is 39.9 Å². The summed E-state index contributed by atoms with van der Waals surface area (Å²) >= 11 is 0. The van der Waals surface area contributed by atoms with E-state index in [1.165, 1.54) is 33.6 Å². The second-order valence-electron chi connectivity index (χ2n) is 9.74. The lowest BCUT2D eigenvalue weighted by atomic mass is 10.1. The first kappa shape index (κ1) is 24.7. The molecular weight excluding hydrogens is 493 g/mol. The van der Waals surface area contributed by atoms with Crippen LogP contribution in [-0.4, -0.2) is 53.0 Å². The molecule has 0 amide bonds. The highest BCUT2D eigenvalue weighted by Gasteiger charge is 2.26. The van der Waals surface area contributed by atoms with E-state index in [1.54, 1.807) is 19.2 Å². The van der Waals surface area contributed by atoms with Crippen molar-refractivity contribution in [3.63, 3.8) is 0 Å². The van der Waals surface area contributed by atoms with E-state index in [4.69, 9.17) is 25.5 Å². The summed E-state index contributed by atoms with van der Waals surface area (Å²) in [4.78, 5) is 14.5. The number of benzene rings is 3. The molecule has 2 N–H and O–H groups in total. The van der Waals surface area contributed by atoms with Crippen molar-refractivity contribution in [2.75, 3.05) is 48.8 Å². The number of aryl methyl sites for hydroxylation is 1. The van der Waals surface area contributed by atoms with Gasteiger partial charge in [0.15, 0.2) is 5.65 Å². The summed E-state index contributed by atoms with van der Waals surface area (Å²) in [6, 6.07) is 20.3. The Labute approximate surface area is 226 Å². The summed E-state index contributed by atoms with van der Waals surface area (Å²) < 4.78 is 21.2. The molecule has 5 aromatic rings. The molecule has 8 nitrogen and oxygen atoms in total. The highest BCUT2D eigenvalue weighted by molar-refractivity contribution is 6.00. The van der Waals surface area contributed by atoms with Crippen molar-refractivity contribution >= 4 is 28.5 Å². The van der Waals surface area contributed by atoms with Crippen LogP contribution in [0.4, 0.5) is 21.8 Å². The molecular formula is C30H30FN7O. The molecule has 39 heavy (non-hydrogen) atoms. The molecule has 6 rings (SSSR count). The Hall–Kier alpha value is -4.66. The number of halogens is 1. The van der Waals surface area contributed by atoms with Crippen LogP contribution in [0.25, 0.3) is 28.0 Å². The molecule has 0 radical (unpaired) electrons. The average molecular weight is 524 g/mol. The molecule has 0 bridgehead atoms.